The van der Waals surface area contributed by atoms with Gasteiger partial charge in [0.25, 0.3) is 0 Å². The van der Waals surface area contributed by atoms with E-state index in [0.717, 1.165) is 24.9 Å². The topological polar surface area (TPSA) is 91.5 Å². The van der Waals surface area contributed by atoms with Gasteiger partial charge in [0.1, 0.15) is 0 Å². The molecule has 0 fully saturated rings. The zero-order valence-electron chi connectivity index (χ0n) is 15.7. The monoisotopic (exact) mass is 404 g/mol. The van der Waals surface area contributed by atoms with Crippen LogP contribution in [-0.4, -0.2) is 30.8 Å². The van der Waals surface area contributed by atoms with E-state index >= 15 is 0 Å². The van der Waals surface area contributed by atoms with Gasteiger partial charge < -0.3 is 10.1 Å². The molecule has 0 heterocycles. The Morgan fingerprint density at radius 2 is 1.85 bits per heavy atom. The number of aryl methyl sites for hydroxylation is 1. The van der Waals surface area contributed by atoms with E-state index in [4.69, 9.17) is 17.0 Å². The van der Waals surface area contributed by atoms with Crippen LogP contribution in [0, 0.1) is 0 Å². The number of alkyl carbamates (subject to hydrolysis) is 1. The summed E-state index contributed by atoms with van der Waals surface area (Å²) in [6, 6.07) is 7.94. The number of benzene rings is 1. The van der Waals surface area contributed by atoms with Gasteiger partial charge >= 0.3 is 6.09 Å². The Kier molecular flexibility index (Phi) is 16.8. The SMILES string of the molecule is CCCCc1ccccc1NC(=S)NC(=O)OCC.CNNC(C)=O.Cl. The predicted molar refractivity (Wildman–Crippen MR) is 112 cm³/mol. The molecule has 0 unspecified atom stereocenters. The second-order valence-electron chi connectivity index (χ2n) is 4.99. The fourth-order valence-electron chi connectivity index (χ4n) is 1.82. The summed E-state index contributed by atoms with van der Waals surface area (Å²) in [7, 11) is 1.64. The molecule has 7 nitrogen and oxygen atoms in total. The lowest BCUT2D eigenvalue weighted by Gasteiger charge is -2.13. The zero-order valence-corrected chi connectivity index (χ0v) is 17.3. The lowest BCUT2D eigenvalue weighted by Crippen LogP contribution is -2.34. The number of para-hydroxylation sites is 1. The lowest BCUT2D eigenvalue weighted by atomic mass is 10.1. The molecule has 0 bridgehead atoms. The maximum absolute atomic E-state index is 11.2. The van der Waals surface area contributed by atoms with E-state index in [1.807, 2.05) is 18.2 Å². The summed E-state index contributed by atoms with van der Waals surface area (Å²) >= 11 is 5.08. The quantitative estimate of drug-likeness (QED) is 0.430. The third-order valence-electron chi connectivity index (χ3n) is 2.86. The number of unbranched alkanes of at least 4 members (excludes halogenated alkanes) is 1. The average Bonchev–Trinajstić information content (AvgIpc) is 2.54. The molecule has 1 aromatic rings. The number of amides is 2. The van der Waals surface area contributed by atoms with Crippen molar-refractivity contribution < 1.29 is 14.3 Å². The summed E-state index contributed by atoms with van der Waals surface area (Å²) in [4.78, 5) is 21.1. The predicted octanol–water partition coefficient (Wildman–Crippen LogP) is 3.15. The van der Waals surface area contributed by atoms with Crippen molar-refractivity contribution in [1.29, 1.82) is 0 Å². The van der Waals surface area contributed by atoms with Crippen LogP contribution in [0.2, 0.25) is 0 Å². The molecule has 0 atom stereocenters. The molecular weight excluding hydrogens is 376 g/mol. The Morgan fingerprint density at radius 1 is 1.19 bits per heavy atom. The van der Waals surface area contributed by atoms with Crippen molar-refractivity contribution in [3.63, 3.8) is 0 Å². The molecule has 0 spiro atoms. The Hall–Kier alpha value is -1.90. The highest BCUT2D eigenvalue weighted by Gasteiger charge is 2.07. The molecule has 0 saturated heterocycles. The first-order valence-electron chi connectivity index (χ1n) is 8.20. The summed E-state index contributed by atoms with van der Waals surface area (Å²) in [6.07, 6.45) is 2.71. The molecule has 4 N–H and O–H groups in total. The highest BCUT2D eigenvalue weighted by molar-refractivity contribution is 7.80. The van der Waals surface area contributed by atoms with E-state index in [1.54, 1.807) is 14.0 Å². The second kappa shape index (κ2) is 16.6. The number of thiocarbonyl (C=S) groups is 1. The Morgan fingerprint density at radius 3 is 2.35 bits per heavy atom. The van der Waals surface area contributed by atoms with Crippen molar-refractivity contribution in [2.45, 2.75) is 40.0 Å². The minimum absolute atomic E-state index is 0. The number of hydrazine groups is 1. The van der Waals surface area contributed by atoms with Crippen LogP contribution in [0.1, 0.15) is 39.2 Å². The molecule has 0 aliphatic carbocycles. The maximum atomic E-state index is 11.2. The first kappa shape index (κ1) is 26.3. The van der Waals surface area contributed by atoms with Gasteiger partial charge in [-0.25, -0.2) is 10.2 Å². The Labute approximate surface area is 167 Å². The average molecular weight is 405 g/mol. The van der Waals surface area contributed by atoms with E-state index in [-0.39, 0.29) is 23.4 Å². The lowest BCUT2D eigenvalue weighted by molar-refractivity contribution is -0.119. The van der Waals surface area contributed by atoms with Gasteiger partial charge in [-0.2, -0.15) is 0 Å². The minimum Gasteiger partial charge on any atom is -0.450 e. The number of hydrogen-bond acceptors (Lipinski definition) is 5. The number of carbonyl (C=O) groups excluding carboxylic acids is 2. The van der Waals surface area contributed by atoms with Crippen molar-refractivity contribution in [2.75, 3.05) is 19.0 Å². The van der Waals surface area contributed by atoms with Crippen molar-refractivity contribution in [2.24, 2.45) is 0 Å². The van der Waals surface area contributed by atoms with Gasteiger partial charge in [0.2, 0.25) is 5.91 Å². The molecule has 9 heteroatoms. The molecule has 0 radical (unpaired) electrons. The van der Waals surface area contributed by atoms with Crippen LogP contribution in [0.25, 0.3) is 0 Å². The van der Waals surface area contributed by atoms with E-state index in [2.05, 4.69) is 34.5 Å². The van der Waals surface area contributed by atoms with Gasteiger partial charge in [-0.1, -0.05) is 31.5 Å². The van der Waals surface area contributed by atoms with Crippen LogP contribution in [0.15, 0.2) is 24.3 Å². The third kappa shape index (κ3) is 13.4. The minimum atomic E-state index is -0.536. The number of carbonyl (C=O) groups is 2. The third-order valence-corrected chi connectivity index (χ3v) is 3.06. The van der Waals surface area contributed by atoms with Crippen LogP contribution in [0.3, 0.4) is 0 Å². The molecule has 0 aromatic heterocycles. The summed E-state index contributed by atoms with van der Waals surface area (Å²) in [5.74, 6) is -0.0718. The molecule has 1 aromatic carbocycles. The second-order valence-corrected chi connectivity index (χ2v) is 5.40. The highest BCUT2D eigenvalue weighted by atomic mass is 35.5. The van der Waals surface area contributed by atoms with Gasteiger partial charge in [-0.05, 0) is 43.6 Å². The molecule has 1 rings (SSSR count). The van der Waals surface area contributed by atoms with E-state index < -0.39 is 6.09 Å². The molecule has 0 saturated carbocycles. The summed E-state index contributed by atoms with van der Waals surface area (Å²) in [5.41, 5.74) is 6.91. The summed E-state index contributed by atoms with van der Waals surface area (Å²) in [6.45, 7) is 5.66. The summed E-state index contributed by atoms with van der Waals surface area (Å²) in [5, 5.41) is 5.75. The molecule has 2 amide bonds. The van der Waals surface area contributed by atoms with Crippen molar-refractivity contribution in [3.8, 4) is 0 Å². The van der Waals surface area contributed by atoms with E-state index in [1.165, 1.54) is 12.5 Å². The van der Waals surface area contributed by atoms with Gasteiger partial charge in [0.15, 0.2) is 5.11 Å². The number of ether oxygens (including phenoxy) is 1. The number of rotatable bonds is 6. The highest BCUT2D eigenvalue weighted by Crippen LogP contribution is 2.17. The largest absolute Gasteiger partial charge is 0.450 e. The smallest absolute Gasteiger partial charge is 0.413 e. The molecule has 0 aliphatic rings. The number of nitrogens with one attached hydrogen (secondary N) is 4. The normalized spacial score (nSPS) is 8.92. The molecular formula is C17H29ClN4O3S. The maximum Gasteiger partial charge on any atom is 0.413 e. The standard InChI is InChI=1S/C14H20N2O2S.C3H8N2O.ClH/c1-3-5-8-11-9-6-7-10-12(11)15-13(19)16-14(17)18-4-2;1-3(6)5-4-2;/h6-7,9-10H,3-5,8H2,1-2H3,(H2,15,16,17,19);4H,1-2H3,(H,5,6);1H. The Balaban J connectivity index is 0. The van der Waals surface area contributed by atoms with Crippen LogP contribution in [-0.2, 0) is 16.0 Å². The van der Waals surface area contributed by atoms with Crippen molar-refractivity contribution in [1.82, 2.24) is 16.2 Å². The summed E-state index contributed by atoms with van der Waals surface area (Å²) < 4.78 is 4.77. The first-order valence-corrected chi connectivity index (χ1v) is 8.61. The zero-order chi connectivity index (χ0) is 19.1. The fourth-order valence-corrected chi connectivity index (χ4v) is 2.01. The fraction of sp³-hybridized carbons (Fsp3) is 0.471. The first-order chi connectivity index (χ1) is 11.9. The Bertz CT molecular complexity index is 559. The van der Waals surface area contributed by atoms with E-state index in [9.17, 15) is 9.59 Å². The van der Waals surface area contributed by atoms with Gasteiger partial charge in [-0.3, -0.25) is 15.5 Å². The van der Waals surface area contributed by atoms with Crippen molar-refractivity contribution >= 4 is 47.4 Å². The van der Waals surface area contributed by atoms with E-state index in [0.29, 0.717) is 6.61 Å². The van der Waals surface area contributed by atoms with Crippen LogP contribution in [0.5, 0.6) is 0 Å². The van der Waals surface area contributed by atoms with Crippen LogP contribution >= 0.6 is 24.6 Å². The van der Waals surface area contributed by atoms with Gasteiger partial charge in [-0.15, -0.1) is 12.4 Å². The van der Waals surface area contributed by atoms with Crippen LogP contribution < -0.4 is 21.5 Å². The van der Waals surface area contributed by atoms with Crippen LogP contribution in [0.4, 0.5) is 10.5 Å². The number of anilines is 1. The number of hydrogen-bond donors (Lipinski definition) is 4. The number of halogens is 1. The van der Waals surface area contributed by atoms with Crippen molar-refractivity contribution in [3.05, 3.63) is 29.8 Å². The molecule has 26 heavy (non-hydrogen) atoms. The van der Waals surface area contributed by atoms with Gasteiger partial charge in [0, 0.05) is 19.7 Å². The molecule has 148 valence electrons. The molecule has 0 aliphatic heterocycles. The van der Waals surface area contributed by atoms with Gasteiger partial charge in [0.05, 0.1) is 6.61 Å².